The number of aliphatic hydroxyl groups excluding tert-OH is 4. The summed E-state index contributed by atoms with van der Waals surface area (Å²) < 4.78 is 71.6. The molecule has 0 spiro atoms. The average molecular weight is 929 g/mol. The largest absolute Gasteiger partial charge is 0.395 e. The monoisotopic (exact) mass is 928 g/mol. The molecule has 2 aliphatic rings. The molecular weight excluding hydrogens is 873 g/mol. The normalized spacial score (nSPS) is 15.3. The van der Waals surface area contributed by atoms with Gasteiger partial charge in [-0.25, -0.2) is 0 Å². The molecule has 0 atom stereocenters. The van der Waals surface area contributed by atoms with Gasteiger partial charge in [0.15, 0.2) is 0 Å². The van der Waals surface area contributed by atoms with Gasteiger partial charge in [0.1, 0.15) is 9.79 Å². The van der Waals surface area contributed by atoms with Crippen LogP contribution in [-0.4, -0.2) is 141 Å². The van der Waals surface area contributed by atoms with Gasteiger partial charge in [-0.15, -0.1) is 0 Å². The molecule has 64 heavy (non-hydrogen) atoms. The summed E-state index contributed by atoms with van der Waals surface area (Å²) in [6, 6.07) is 8.23. The molecule has 2 saturated carbocycles. The SMILES string of the molecule is O=S(=O)(O)c1cc(Nc2nc(NC3CCCCC3)nc(N(CCO)CCO)n2)ccc1C=Cc1ccc(Nc2nc(NC3CCCCC3)nc(N(CCO)CCO)n2)cc1S(=O)(=O)O. The predicted molar refractivity (Wildman–Crippen MR) is 241 cm³/mol. The maximum atomic E-state index is 12.7. The molecule has 4 aromatic rings. The lowest BCUT2D eigenvalue weighted by Crippen LogP contribution is -2.32. The van der Waals surface area contributed by atoms with Crippen LogP contribution in [0.15, 0.2) is 46.2 Å². The Morgan fingerprint density at radius 3 is 1.19 bits per heavy atom. The third kappa shape index (κ3) is 13.6. The number of hydrogen-bond donors (Lipinski definition) is 10. The minimum atomic E-state index is -4.88. The van der Waals surface area contributed by atoms with E-state index >= 15 is 0 Å². The fourth-order valence-corrected chi connectivity index (χ4v) is 9.02. The van der Waals surface area contributed by atoms with Crippen LogP contribution in [0.1, 0.15) is 75.3 Å². The van der Waals surface area contributed by atoms with Crippen molar-refractivity contribution in [1.29, 1.82) is 0 Å². The molecule has 348 valence electrons. The first-order valence-corrected chi connectivity index (χ1v) is 24.1. The molecule has 24 heteroatoms. The zero-order valence-corrected chi connectivity index (χ0v) is 36.8. The Morgan fingerprint density at radius 2 is 0.859 bits per heavy atom. The number of benzene rings is 2. The van der Waals surface area contributed by atoms with Crippen LogP contribution in [0.4, 0.5) is 47.1 Å². The van der Waals surface area contributed by atoms with Crippen molar-refractivity contribution in [1.82, 2.24) is 29.9 Å². The Hall–Kier alpha value is -5.34. The summed E-state index contributed by atoms with van der Waals surface area (Å²) in [4.78, 5) is 29.0. The van der Waals surface area contributed by atoms with Crippen LogP contribution in [-0.2, 0) is 20.2 Å². The summed E-state index contributed by atoms with van der Waals surface area (Å²) in [5.74, 6) is 0.810. The molecule has 2 fully saturated rings. The smallest absolute Gasteiger partial charge is 0.295 e. The summed E-state index contributed by atoms with van der Waals surface area (Å²) in [7, 11) is -9.76. The van der Waals surface area contributed by atoms with E-state index in [4.69, 9.17) is 0 Å². The van der Waals surface area contributed by atoms with Crippen LogP contribution in [0.5, 0.6) is 0 Å². The summed E-state index contributed by atoms with van der Waals surface area (Å²) in [5.41, 5.74) is 0.251. The number of nitrogens with one attached hydrogen (secondary N) is 4. The van der Waals surface area contributed by atoms with Crippen molar-refractivity contribution in [3.05, 3.63) is 47.5 Å². The van der Waals surface area contributed by atoms with E-state index < -0.39 is 30.0 Å². The molecule has 0 aliphatic heterocycles. The van der Waals surface area contributed by atoms with E-state index in [1.807, 2.05) is 0 Å². The lowest BCUT2D eigenvalue weighted by Gasteiger charge is -2.25. The van der Waals surface area contributed by atoms with E-state index in [2.05, 4.69) is 51.2 Å². The van der Waals surface area contributed by atoms with Gasteiger partial charge in [0.2, 0.25) is 35.7 Å². The van der Waals surface area contributed by atoms with Crippen LogP contribution in [0, 0.1) is 0 Å². The molecule has 2 aliphatic carbocycles. The topological polar surface area (TPSA) is 322 Å². The number of hydrogen-bond acceptors (Lipinski definition) is 20. The summed E-state index contributed by atoms with van der Waals surface area (Å²) in [5, 5.41) is 51.2. The van der Waals surface area contributed by atoms with Crippen molar-refractivity contribution >= 4 is 79.5 Å². The van der Waals surface area contributed by atoms with E-state index in [1.54, 1.807) is 9.80 Å². The van der Waals surface area contributed by atoms with Gasteiger partial charge in [-0.3, -0.25) is 9.11 Å². The molecule has 0 unspecified atom stereocenters. The van der Waals surface area contributed by atoms with Crippen molar-refractivity contribution in [2.24, 2.45) is 0 Å². The molecule has 2 heterocycles. The van der Waals surface area contributed by atoms with Crippen LogP contribution >= 0.6 is 0 Å². The molecule has 0 bridgehead atoms. The maximum absolute atomic E-state index is 12.7. The molecule has 22 nitrogen and oxygen atoms in total. The zero-order valence-electron chi connectivity index (χ0n) is 35.2. The highest BCUT2D eigenvalue weighted by molar-refractivity contribution is 7.86. The van der Waals surface area contributed by atoms with Crippen molar-refractivity contribution in [2.75, 3.05) is 83.7 Å². The second-order valence-electron chi connectivity index (χ2n) is 15.4. The number of aromatic nitrogens is 6. The summed E-state index contributed by atoms with van der Waals surface area (Å²) in [6.45, 7) is -0.471. The second-order valence-corrected chi connectivity index (χ2v) is 18.2. The molecule has 0 saturated heterocycles. The molecule has 6 rings (SSSR count). The molecule has 0 amide bonds. The van der Waals surface area contributed by atoms with E-state index in [0.29, 0.717) is 0 Å². The van der Waals surface area contributed by atoms with Crippen LogP contribution in [0.3, 0.4) is 0 Å². The van der Waals surface area contributed by atoms with Crippen LogP contribution < -0.4 is 31.1 Å². The number of aliphatic hydroxyl groups is 4. The minimum absolute atomic E-state index is 0.0120. The highest BCUT2D eigenvalue weighted by Gasteiger charge is 2.22. The van der Waals surface area contributed by atoms with E-state index in [0.717, 1.165) is 76.3 Å². The second kappa shape index (κ2) is 22.5. The zero-order chi connectivity index (χ0) is 45.7. The predicted octanol–water partition coefficient (Wildman–Crippen LogP) is 3.28. The standard InChI is InChI=1S/C40H56N12O10S2/c53-21-17-51(18-22-54)39-47-35(41-29-7-3-1-4-8-29)45-37(49-39)43-31-15-13-27(33(25-31)63(57,58)59)11-12-28-14-16-32(26-34(28)64(60,61)62)44-38-46-36(42-30-9-5-2-6-10-30)48-40(50-38)52(19-23-55)20-24-56/h11-16,25-26,29-30,53-56H,1-10,17-24H2,(H,57,58,59)(H,60,61,62)(H2,41,43,45,47,49)(H2,42,44,46,48,50). The van der Waals surface area contributed by atoms with E-state index in [1.165, 1.54) is 36.4 Å². The third-order valence-electron chi connectivity index (χ3n) is 10.7. The summed E-state index contributed by atoms with van der Waals surface area (Å²) >= 11 is 0. The number of rotatable bonds is 22. The van der Waals surface area contributed by atoms with Crippen LogP contribution in [0.25, 0.3) is 12.2 Å². The Morgan fingerprint density at radius 1 is 0.516 bits per heavy atom. The van der Waals surface area contributed by atoms with Gasteiger partial charge < -0.3 is 51.5 Å². The van der Waals surface area contributed by atoms with Crippen molar-refractivity contribution < 1.29 is 46.4 Å². The Balaban J connectivity index is 1.28. The molecular formula is C40H56N12O10S2. The summed E-state index contributed by atoms with van der Waals surface area (Å²) in [6.07, 6.45) is 12.6. The van der Waals surface area contributed by atoms with Gasteiger partial charge >= 0.3 is 0 Å². The van der Waals surface area contributed by atoms with Crippen LogP contribution in [0.2, 0.25) is 0 Å². The van der Waals surface area contributed by atoms with Crippen molar-refractivity contribution in [3.63, 3.8) is 0 Å². The van der Waals surface area contributed by atoms with Gasteiger partial charge in [-0.1, -0.05) is 62.8 Å². The van der Waals surface area contributed by atoms with E-state index in [-0.39, 0.29) is 123 Å². The maximum Gasteiger partial charge on any atom is 0.295 e. The fraction of sp³-hybridized carbons (Fsp3) is 0.500. The van der Waals surface area contributed by atoms with Crippen molar-refractivity contribution in [2.45, 2.75) is 86.1 Å². The average Bonchev–Trinajstić information content (AvgIpc) is 3.26. The Kier molecular flexibility index (Phi) is 16.9. The lowest BCUT2D eigenvalue weighted by molar-refractivity contribution is 0.279. The number of anilines is 8. The van der Waals surface area contributed by atoms with Gasteiger partial charge in [-0.05, 0) is 61.1 Å². The molecule has 2 aromatic carbocycles. The van der Waals surface area contributed by atoms with E-state index in [9.17, 15) is 46.4 Å². The van der Waals surface area contributed by atoms with Crippen molar-refractivity contribution in [3.8, 4) is 0 Å². The molecule has 10 N–H and O–H groups in total. The van der Waals surface area contributed by atoms with Gasteiger partial charge in [-0.2, -0.15) is 46.7 Å². The van der Waals surface area contributed by atoms with Gasteiger partial charge in [0.05, 0.1) is 26.4 Å². The Bertz CT molecular complexity index is 2260. The minimum Gasteiger partial charge on any atom is -0.395 e. The quantitative estimate of drug-likeness (QED) is 0.0399. The highest BCUT2D eigenvalue weighted by atomic mass is 32.2. The third-order valence-corrected chi connectivity index (χ3v) is 12.5. The lowest BCUT2D eigenvalue weighted by atomic mass is 9.96. The van der Waals surface area contributed by atoms with Gasteiger partial charge in [0, 0.05) is 49.6 Å². The Labute approximate surface area is 371 Å². The first-order chi connectivity index (χ1) is 30.8. The first-order valence-electron chi connectivity index (χ1n) is 21.2. The number of nitrogens with zero attached hydrogens (tertiary/aromatic N) is 8. The highest BCUT2D eigenvalue weighted by Crippen LogP contribution is 2.30. The first kappa shape index (κ1) is 48.1. The molecule has 0 radical (unpaired) electrons. The molecule has 2 aromatic heterocycles. The van der Waals surface area contributed by atoms with Gasteiger partial charge in [0.25, 0.3) is 20.2 Å². The fourth-order valence-electron chi connectivity index (χ4n) is 7.60.